The number of piperidine rings is 1. The highest BCUT2D eigenvalue weighted by molar-refractivity contribution is 7.97. The molecule has 2 aromatic carbocycles. The van der Waals surface area contributed by atoms with Crippen LogP contribution in [-0.2, 0) is 14.4 Å². The number of fused-ring (bicyclic) bond motifs is 1. The van der Waals surface area contributed by atoms with Crippen molar-refractivity contribution in [2.45, 2.75) is 42.6 Å². The quantitative estimate of drug-likeness (QED) is 0.339. The van der Waals surface area contributed by atoms with Crippen molar-refractivity contribution < 1.29 is 13.5 Å². The number of nitrogens with zero attached hydrogens (tertiary/aromatic N) is 4. The Balaban J connectivity index is 1.19. The van der Waals surface area contributed by atoms with Gasteiger partial charge in [0.25, 0.3) is 0 Å². The van der Waals surface area contributed by atoms with E-state index in [1.165, 1.54) is 38.6 Å². The van der Waals surface area contributed by atoms with Crippen LogP contribution >= 0.6 is 0 Å². The number of hydrogen-bond donors (Lipinski definition) is 1. The molecule has 0 radical (unpaired) electrons. The van der Waals surface area contributed by atoms with Crippen LogP contribution in [0.4, 0.5) is 0 Å². The first-order valence-electron chi connectivity index (χ1n) is 12.6. The van der Waals surface area contributed by atoms with E-state index in [1.54, 1.807) is 28.9 Å². The molecule has 36 heavy (non-hydrogen) atoms. The van der Waals surface area contributed by atoms with Gasteiger partial charge in [-0.25, -0.2) is 9.50 Å². The Morgan fingerprint density at radius 3 is 2.50 bits per heavy atom. The van der Waals surface area contributed by atoms with Crippen molar-refractivity contribution in [1.29, 1.82) is 0 Å². The summed E-state index contributed by atoms with van der Waals surface area (Å²) in [7, 11) is -3.04. The van der Waals surface area contributed by atoms with Crippen molar-refractivity contribution in [3.05, 3.63) is 67.1 Å². The van der Waals surface area contributed by atoms with Crippen LogP contribution in [0.1, 0.15) is 32.1 Å². The second-order valence-electron chi connectivity index (χ2n) is 10.1. The molecule has 4 aromatic rings. The summed E-state index contributed by atoms with van der Waals surface area (Å²) in [6, 6.07) is 15.3. The highest BCUT2D eigenvalue weighted by Crippen LogP contribution is 2.41. The fourth-order valence-electron chi connectivity index (χ4n) is 5.05. The Bertz CT molecular complexity index is 1430. The maximum atomic E-state index is 12.1. The van der Waals surface area contributed by atoms with Crippen LogP contribution in [0.15, 0.2) is 72.0 Å². The third-order valence-corrected chi connectivity index (χ3v) is 8.36. The van der Waals surface area contributed by atoms with Crippen LogP contribution in [0.25, 0.3) is 27.9 Å². The Morgan fingerprint density at radius 1 is 1.00 bits per heavy atom. The predicted octanol–water partition coefficient (Wildman–Crippen LogP) is 5.42. The van der Waals surface area contributed by atoms with Crippen molar-refractivity contribution in [2.24, 2.45) is 0 Å². The van der Waals surface area contributed by atoms with Gasteiger partial charge < -0.3 is 4.74 Å². The van der Waals surface area contributed by atoms with Crippen LogP contribution < -0.4 is 4.74 Å². The van der Waals surface area contributed by atoms with E-state index in [9.17, 15) is 8.76 Å². The van der Waals surface area contributed by atoms with E-state index >= 15 is 0 Å². The Hall–Kier alpha value is -3.07. The van der Waals surface area contributed by atoms with E-state index in [0.717, 1.165) is 47.4 Å². The minimum Gasteiger partial charge on any atom is -0.486 e. The largest absolute Gasteiger partial charge is 0.486 e. The molecule has 1 saturated heterocycles. The lowest BCUT2D eigenvalue weighted by Crippen LogP contribution is -2.40. The minimum atomic E-state index is -3.04. The molecule has 186 valence electrons. The molecule has 0 spiro atoms. The molecule has 2 aliphatic rings. The molecule has 1 unspecified atom stereocenters. The van der Waals surface area contributed by atoms with E-state index in [1.807, 2.05) is 30.6 Å². The molecule has 0 amide bonds. The van der Waals surface area contributed by atoms with Crippen molar-refractivity contribution in [3.8, 4) is 28.0 Å². The maximum absolute atomic E-state index is 12.1. The molecular formula is C28H31N4O3S+. The van der Waals surface area contributed by atoms with Gasteiger partial charge in [-0.15, -0.1) is 0 Å². The van der Waals surface area contributed by atoms with Crippen molar-refractivity contribution in [3.63, 3.8) is 0 Å². The first-order chi connectivity index (χ1) is 17.4. The van der Waals surface area contributed by atoms with Gasteiger partial charge >= 0.3 is 0 Å². The van der Waals surface area contributed by atoms with Crippen molar-refractivity contribution >= 4 is 15.9 Å². The van der Waals surface area contributed by atoms with Gasteiger partial charge in [0.15, 0.2) is 10.5 Å². The van der Waals surface area contributed by atoms with E-state index in [2.05, 4.69) is 27.1 Å². The molecule has 1 atom stereocenters. The molecule has 2 fully saturated rings. The van der Waals surface area contributed by atoms with E-state index in [0.29, 0.717) is 10.5 Å². The van der Waals surface area contributed by atoms with Crippen LogP contribution in [0.2, 0.25) is 0 Å². The van der Waals surface area contributed by atoms with E-state index in [-0.39, 0.29) is 5.60 Å². The van der Waals surface area contributed by atoms with Crippen LogP contribution in [-0.4, -0.2) is 55.5 Å². The van der Waals surface area contributed by atoms with Gasteiger partial charge in [0, 0.05) is 36.1 Å². The topological polar surface area (TPSA) is 80.0 Å². The minimum absolute atomic E-state index is 0.0108. The zero-order chi connectivity index (χ0) is 24.8. The number of ether oxygens (including phenoxy) is 1. The Labute approximate surface area is 212 Å². The number of likely N-dealkylation sites (tertiary alicyclic amines) is 1. The van der Waals surface area contributed by atoms with Gasteiger partial charge in [0.2, 0.25) is 10.2 Å². The van der Waals surface area contributed by atoms with Gasteiger partial charge in [0.1, 0.15) is 17.6 Å². The SMILES string of the molecule is C[S+](=O)(O)c1cccc(-c2cnn3cc(-c4ccc(OC5(CN6CCCCC6)CC5)cc4)cnc23)c1. The van der Waals surface area contributed by atoms with Crippen LogP contribution in [0.3, 0.4) is 0 Å². The zero-order valence-electron chi connectivity index (χ0n) is 20.5. The van der Waals surface area contributed by atoms with E-state index in [4.69, 9.17) is 4.74 Å². The van der Waals surface area contributed by atoms with Crippen molar-refractivity contribution in [1.82, 2.24) is 19.5 Å². The summed E-state index contributed by atoms with van der Waals surface area (Å²) in [4.78, 5) is 7.62. The molecule has 8 heteroatoms. The Kier molecular flexibility index (Phi) is 5.90. The average molecular weight is 504 g/mol. The predicted molar refractivity (Wildman–Crippen MR) is 142 cm³/mol. The summed E-state index contributed by atoms with van der Waals surface area (Å²) in [6.07, 6.45) is 13.1. The lowest BCUT2D eigenvalue weighted by Gasteiger charge is -2.30. The summed E-state index contributed by atoms with van der Waals surface area (Å²) >= 11 is 0. The standard InChI is InChI=1S/C28H30N4O3S/c1-36(33,34)25-7-5-6-22(16-25)26-18-30-32-19-23(17-29-27(26)32)21-8-10-24(11-9-21)35-28(12-13-28)20-31-14-3-2-4-15-31/h5-11,16-19H,2-4,12-15,20H2,1H3/p+1. The average Bonchev–Trinajstić information content (AvgIpc) is 3.49. The van der Waals surface area contributed by atoms with Gasteiger partial charge in [-0.2, -0.15) is 9.65 Å². The fourth-order valence-corrected chi connectivity index (χ4v) is 5.73. The monoisotopic (exact) mass is 503 g/mol. The number of aromatic nitrogens is 3. The van der Waals surface area contributed by atoms with Gasteiger partial charge in [-0.05, 0) is 68.1 Å². The second kappa shape index (κ2) is 9.10. The molecule has 7 nitrogen and oxygen atoms in total. The smallest absolute Gasteiger partial charge is 0.244 e. The summed E-state index contributed by atoms with van der Waals surface area (Å²) < 4.78 is 30.2. The molecule has 2 aromatic heterocycles. The maximum Gasteiger partial charge on any atom is 0.244 e. The molecule has 6 rings (SSSR count). The molecule has 1 aliphatic carbocycles. The van der Waals surface area contributed by atoms with Gasteiger partial charge in [-0.3, -0.25) is 4.90 Å². The summed E-state index contributed by atoms with van der Waals surface area (Å²) in [6.45, 7) is 3.43. The van der Waals surface area contributed by atoms with Crippen LogP contribution in [0, 0.1) is 0 Å². The molecule has 1 saturated carbocycles. The molecule has 1 N–H and O–H groups in total. The highest BCUT2D eigenvalue weighted by atomic mass is 32.3. The fraction of sp³-hybridized carbons (Fsp3) is 0.357. The first kappa shape index (κ1) is 23.3. The molecule has 1 aliphatic heterocycles. The highest BCUT2D eigenvalue weighted by Gasteiger charge is 2.46. The number of hydrogen-bond acceptors (Lipinski definition) is 5. The van der Waals surface area contributed by atoms with Crippen molar-refractivity contribution in [2.75, 3.05) is 25.9 Å². The summed E-state index contributed by atoms with van der Waals surface area (Å²) in [5.74, 6) is 0.917. The zero-order valence-corrected chi connectivity index (χ0v) is 21.3. The summed E-state index contributed by atoms with van der Waals surface area (Å²) in [5.41, 5.74) is 4.32. The second-order valence-corrected chi connectivity index (χ2v) is 12.2. The molecule has 3 heterocycles. The third kappa shape index (κ3) is 4.81. The lowest BCUT2D eigenvalue weighted by atomic mass is 10.1. The number of benzene rings is 2. The molecule has 0 bridgehead atoms. The Morgan fingerprint density at radius 2 is 1.78 bits per heavy atom. The normalized spacial score (nSPS) is 19.2. The third-order valence-electron chi connectivity index (χ3n) is 7.23. The van der Waals surface area contributed by atoms with E-state index < -0.39 is 10.2 Å². The number of rotatable bonds is 7. The lowest BCUT2D eigenvalue weighted by molar-refractivity contribution is 0.101. The molecular weight excluding hydrogens is 472 g/mol. The van der Waals surface area contributed by atoms with Gasteiger partial charge in [-0.1, -0.05) is 34.9 Å². The first-order valence-corrected chi connectivity index (χ1v) is 14.5. The van der Waals surface area contributed by atoms with Crippen LogP contribution in [0.5, 0.6) is 5.75 Å². The van der Waals surface area contributed by atoms with Gasteiger partial charge in [0.05, 0.1) is 6.20 Å². The summed E-state index contributed by atoms with van der Waals surface area (Å²) in [5, 5.41) is 4.49.